The zero-order chi connectivity index (χ0) is 47.5. The summed E-state index contributed by atoms with van der Waals surface area (Å²) >= 11 is 0. The SMILES string of the molecule is CC[C@H]1OC(=O)[C@H](C)[C@@H](OC2C[C@@](C)(OC)[C@@H](O)[C@H](C)O2)[C@H](C)[C@@H](O[C@@H]2O[C@H](C)C[C@H](N(C)C)[C@H]2O)[C@](C)(OC)C[C@@H](C)C(=O)[C@H](C)[C@@H]2N(CC/C=C\c3ccccc3)C(=O)O[C@@]21C. The third-order valence-corrected chi connectivity index (χ3v) is 14.8. The van der Waals surface area contributed by atoms with Crippen LogP contribution in [0.4, 0.5) is 4.79 Å². The van der Waals surface area contributed by atoms with E-state index in [-0.39, 0.29) is 43.7 Å². The van der Waals surface area contributed by atoms with E-state index in [1.54, 1.807) is 39.7 Å². The highest BCUT2D eigenvalue weighted by molar-refractivity contribution is 5.85. The van der Waals surface area contributed by atoms with Gasteiger partial charge in [-0.05, 0) is 86.9 Å². The normalized spacial score (nSPS) is 42.9. The fourth-order valence-corrected chi connectivity index (χ4v) is 10.9. The molecule has 64 heavy (non-hydrogen) atoms. The van der Waals surface area contributed by atoms with E-state index in [1.807, 2.05) is 103 Å². The number of hydrogen-bond acceptors (Lipinski definition) is 14. The molecule has 18 atom stereocenters. The molecule has 0 bridgehead atoms. The van der Waals surface area contributed by atoms with E-state index >= 15 is 0 Å². The quantitative estimate of drug-likeness (QED) is 0.234. The van der Waals surface area contributed by atoms with Crippen molar-refractivity contribution >= 4 is 23.9 Å². The van der Waals surface area contributed by atoms with E-state index in [0.29, 0.717) is 12.8 Å². The molecule has 0 radical (unpaired) electrons. The predicted molar refractivity (Wildman–Crippen MR) is 240 cm³/mol. The molecule has 2 N–H and O–H groups in total. The lowest BCUT2D eigenvalue weighted by atomic mass is 9.73. The molecule has 1 unspecified atom stereocenters. The number of carbonyl (C=O) groups excluding carboxylic acids is 3. The molecule has 0 aliphatic carbocycles. The van der Waals surface area contributed by atoms with Crippen LogP contribution in [0.15, 0.2) is 36.4 Å². The standard InChI is InChI=1S/C49H78N2O13/c1-15-36-49(10)41(51(46(56)64-49)24-20-19-23-34-21-17-16-18-22-34)30(4)38(52)28(2)26-48(9,58-14)43(63-45-39(53)35(50(11)12)25-29(3)59-45)31(5)40(32(6)44(55)61-36)62-37-27-47(8,57-13)42(54)33(7)60-37/h16-19,21-23,28-33,35-37,39-43,45,53-54H,15,20,24-27H2,1-14H3/b23-19-/t28-,29-,30+,31+,32-,33+,35+,36-,37?,39-,40+,41+,42+,43-,45+,47-,48-,49-/m1/s1. The summed E-state index contributed by atoms with van der Waals surface area (Å²) in [6.45, 7) is 18.5. The summed E-state index contributed by atoms with van der Waals surface area (Å²) in [7, 11) is 6.87. The highest BCUT2D eigenvalue weighted by Crippen LogP contribution is 2.45. The van der Waals surface area contributed by atoms with Crippen LogP contribution in [0, 0.1) is 23.7 Å². The molecule has 4 heterocycles. The summed E-state index contributed by atoms with van der Waals surface area (Å²) < 4.78 is 51.5. The van der Waals surface area contributed by atoms with Gasteiger partial charge < -0.3 is 57.9 Å². The number of aliphatic hydroxyl groups is 2. The van der Waals surface area contributed by atoms with Crippen molar-refractivity contribution in [2.75, 3.05) is 34.9 Å². The number of ether oxygens (including phenoxy) is 8. The number of cyclic esters (lactones) is 1. The number of ketones is 1. The minimum absolute atomic E-state index is 0.132. The van der Waals surface area contributed by atoms with Gasteiger partial charge in [0.05, 0.1) is 47.6 Å². The second kappa shape index (κ2) is 21.3. The molecular formula is C49H78N2O13. The monoisotopic (exact) mass is 903 g/mol. The van der Waals surface area contributed by atoms with Crippen molar-refractivity contribution in [3.63, 3.8) is 0 Å². The number of likely N-dealkylation sites (N-methyl/N-ethyl adjacent to an activating group) is 1. The van der Waals surface area contributed by atoms with Gasteiger partial charge in [-0.2, -0.15) is 0 Å². The van der Waals surface area contributed by atoms with Crippen LogP contribution in [0.5, 0.6) is 0 Å². The molecule has 4 aliphatic rings. The Bertz CT molecular complexity index is 1750. The van der Waals surface area contributed by atoms with Crippen LogP contribution in [-0.2, 0) is 47.5 Å². The van der Waals surface area contributed by atoms with Gasteiger partial charge in [-0.25, -0.2) is 4.79 Å². The Hall–Kier alpha value is -2.99. The molecule has 15 nitrogen and oxygen atoms in total. The van der Waals surface area contributed by atoms with Gasteiger partial charge in [0, 0.05) is 51.0 Å². The summed E-state index contributed by atoms with van der Waals surface area (Å²) in [5, 5.41) is 22.9. The summed E-state index contributed by atoms with van der Waals surface area (Å²) in [5.41, 5.74) is -2.68. The largest absolute Gasteiger partial charge is 0.458 e. The number of methoxy groups -OCH3 is 2. The van der Waals surface area contributed by atoms with Crippen LogP contribution < -0.4 is 0 Å². The first-order valence-electron chi connectivity index (χ1n) is 23.3. The Balaban J connectivity index is 1.61. The first-order valence-corrected chi connectivity index (χ1v) is 23.3. The summed E-state index contributed by atoms with van der Waals surface area (Å²) in [6, 6.07) is 8.76. The van der Waals surface area contributed by atoms with E-state index in [0.717, 1.165) is 5.56 Å². The minimum atomic E-state index is -1.41. The Morgan fingerprint density at radius 1 is 0.891 bits per heavy atom. The van der Waals surface area contributed by atoms with Crippen molar-refractivity contribution in [2.24, 2.45) is 23.7 Å². The van der Waals surface area contributed by atoms with Crippen LogP contribution in [0.2, 0.25) is 0 Å². The van der Waals surface area contributed by atoms with Crippen LogP contribution in [0.3, 0.4) is 0 Å². The van der Waals surface area contributed by atoms with E-state index in [2.05, 4.69) is 0 Å². The molecular weight excluding hydrogens is 825 g/mol. The van der Waals surface area contributed by atoms with Gasteiger partial charge in [-0.15, -0.1) is 0 Å². The number of fused-ring (bicyclic) bond motifs is 1. The molecule has 4 saturated heterocycles. The van der Waals surface area contributed by atoms with Gasteiger partial charge in [0.15, 0.2) is 18.2 Å². The van der Waals surface area contributed by atoms with E-state index < -0.39 is 108 Å². The fourth-order valence-electron chi connectivity index (χ4n) is 10.9. The molecule has 5 rings (SSSR count). The third-order valence-electron chi connectivity index (χ3n) is 14.8. The maximum atomic E-state index is 15.0. The lowest BCUT2D eigenvalue weighted by Gasteiger charge is -2.50. The second-order valence-corrected chi connectivity index (χ2v) is 19.8. The highest BCUT2D eigenvalue weighted by atomic mass is 16.7. The zero-order valence-corrected chi connectivity index (χ0v) is 40.7. The van der Waals surface area contributed by atoms with Crippen molar-refractivity contribution in [3.05, 3.63) is 42.0 Å². The molecule has 1 amide bonds. The first kappa shape index (κ1) is 52.0. The van der Waals surface area contributed by atoms with Crippen molar-refractivity contribution in [1.29, 1.82) is 0 Å². The Morgan fingerprint density at radius 2 is 1.55 bits per heavy atom. The maximum absolute atomic E-state index is 15.0. The van der Waals surface area contributed by atoms with E-state index in [4.69, 9.17) is 37.9 Å². The molecule has 4 aliphatic heterocycles. The molecule has 0 aromatic heterocycles. The summed E-state index contributed by atoms with van der Waals surface area (Å²) in [5.74, 6) is -3.86. The minimum Gasteiger partial charge on any atom is -0.458 e. The van der Waals surface area contributed by atoms with Gasteiger partial charge in [0.25, 0.3) is 0 Å². The number of rotatable bonds is 12. The maximum Gasteiger partial charge on any atom is 0.410 e. The van der Waals surface area contributed by atoms with Crippen LogP contribution in [0.1, 0.15) is 107 Å². The zero-order valence-electron chi connectivity index (χ0n) is 40.7. The Labute approximate surface area is 381 Å². The second-order valence-electron chi connectivity index (χ2n) is 19.8. The van der Waals surface area contributed by atoms with Crippen LogP contribution in [0.25, 0.3) is 6.08 Å². The van der Waals surface area contributed by atoms with E-state index in [9.17, 15) is 24.6 Å². The molecule has 4 fully saturated rings. The number of aliphatic hydroxyl groups excluding tert-OH is 2. The fraction of sp³-hybridized carbons (Fsp3) is 0.776. The smallest absolute Gasteiger partial charge is 0.410 e. The highest BCUT2D eigenvalue weighted by Gasteiger charge is 2.61. The topological polar surface area (TPSA) is 172 Å². The van der Waals surface area contributed by atoms with Gasteiger partial charge in [0.1, 0.15) is 24.1 Å². The number of nitrogens with zero attached hydrogens (tertiary/aromatic N) is 2. The van der Waals surface area contributed by atoms with Gasteiger partial charge >= 0.3 is 12.1 Å². The van der Waals surface area contributed by atoms with E-state index in [1.165, 1.54) is 7.11 Å². The summed E-state index contributed by atoms with van der Waals surface area (Å²) in [6.07, 6.45) is -2.93. The van der Waals surface area contributed by atoms with Crippen LogP contribution in [-0.4, -0.2) is 157 Å². The number of amides is 1. The lowest BCUT2D eigenvalue weighted by molar-refractivity contribution is -0.319. The number of Topliss-reactive ketones (excluding diaryl/α,β-unsaturated/α-hetero) is 1. The third kappa shape index (κ3) is 10.9. The lowest BCUT2D eigenvalue weighted by Crippen LogP contribution is -2.61. The number of benzene rings is 1. The average Bonchev–Trinajstić information content (AvgIpc) is 3.52. The summed E-state index contributed by atoms with van der Waals surface area (Å²) in [4.78, 5) is 47.4. The Kier molecular flexibility index (Phi) is 17.3. The van der Waals surface area contributed by atoms with Crippen molar-refractivity contribution in [3.8, 4) is 0 Å². The van der Waals surface area contributed by atoms with Gasteiger partial charge in [-0.1, -0.05) is 70.2 Å². The van der Waals surface area contributed by atoms with Gasteiger partial charge in [-0.3, -0.25) is 9.59 Å². The average molecular weight is 903 g/mol. The molecule has 0 saturated carbocycles. The molecule has 0 spiro atoms. The molecule has 1 aromatic rings. The number of carbonyl (C=O) groups is 3. The number of esters is 1. The Morgan fingerprint density at radius 3 is 2.16 bits per heavy atom. The molecule has 362 valence electrons. The first-order chi connectivity index (χ1) is 30.0. The predicted octanol–water partition coefficient (Wildman–Crippen LogP) is 6.01. The van der Waals surface area contributed by atoms with Gasteiger partial charge in [0.2, 0.25) is 0 Å². The van der Waals surface area contributed by atoms with Crippen molar-refractivity contribution in [2.45, 2.75) is 186 Å². The molecule has 15 heteroatoms. The van der Waals surface area contributed by atoms with Crippen molar-refractivity contribution in [1.82, 2.24) is 9.80 Å². The molecule has 1 aromatic carbocycles. The van der Waals surface area contributed by atoms with Crippen LogP contribution >= 0.6 is 0 Å². The number of hydrogen-bond donors (Lipinski definition) is 2. The van der Waals surface area contributed by atoms with Crippen molar-refractivity contribution < 1.29 is 62.5 Å².